The van der Waals surface area contributed by atoms with Gasteiger partial charge in [-0.1, -0.05) is 24.3 Å². The summed E-state index contributed by atoms with van der Waals surface area (Å²) in [4.78, 5) is 0. The lowest BCUT2D eigenvalue weighted by molar-refractivity contribution is 0.0381. The third kappa shape index (κ3) is 2.12. The van der Waals surface area contributed by atoms with Crippen LogP contribution in [0.3, 0.4) is 0 Å². The molecule has 1 fully saturated rings. The molecule has 0 radical (unpaired) electrons. The van der Waals surface area contributed by atoms with E-state index in [0.29, 0.717) is 5.92 Å². The molecule has 1 saturated heterocycles. The van der Waals surface area contributed by atoms with Crippen molar-refractivity contribution in [1.82, 2.24) is 0 Å². The third-order valence-corrected chi connectivity index (χ3v) is 4.49. The summed E-state index contributed by atoms with van der Waals surface area (Å²) in [7, 11) is 0. The van der Waals surface area contributed by atoms with Gasteiger partial charge >= 0.3 is 0 Å². The van der Waals surface area contributed by atoms with E-state index in [1.54, 1.807) is 0 Å². The smallest absolute Gasteiger partial charge is 0.0468 e. The van der Waals surface area contributed by atoms with E-state index in [9.17, 15) is 0 Å². The van der Waals surface area contributed by atoms with Crippen molar-refractivity contribution >= 4 is 0 Å². The zero-order valence-corrected chi connectivity index (χ0v) is 10.3. The second-order valence-electron chi connectivity index (χ2n) is 5.38. The Morgan fingerprint density at radius 1 is 1.06 bits per heavy atom. The minimum atomic E-state index is 0.239. The maximum atomic E-state index is 6.48. The fourth-order valence-electron chi connectivity index (χ4n) is 3.49. The van der Waals surface area contributed by atoms with Gasteiger partial charge in [0, 0.05) is 19.3 Å². The molecule has 1 aliphatic carbocycles. The highest BCUT2D eigenvalue weighted by Gasteiger charge is 2.33. The maximum absolute atomic E-state index is 6.48. The molecule has 1 heterocycles. The average Bonchev–Trinajstić information content (AvgIpc) is 2.40. The average molecular weight is 231 g/mol. The molecule has 0 amide bonds. The Hall–Kier alpha value is -0.860. The SMILES string of the molecule is NC1c2ccccc2CCC1C1CCOCC1. The molecule has 17 heavy (non-hydrogen) atoms. The summed E-state index contributed by atoms with van der Waals surface area (Å²) < 4.78 is 5.45. The lowest BCUT2D eigenvalue weighted by Gasteiger charge is -2.38. The van der Waals surface area contributed by atoms with E-state index < -0.39 is 0 Å². The summed E-state index contributed by atoms with van der Waals surface area (Å²) >= 11 is 0. The standard InChI is InChI=1S/C15H21NO/c16-15-13-4-2-1-3-11(13)5-6-14(15)12-7-9-17-10-8-12/h1-4,12,14-15H,5-10,16H2. The molecule has 2 aliphatic rings. The third-order valence-electron chi connectivity index (χ3n) is 4.49. The minimum Gasteiger partial charge on any atom is -0.381 e. The first-order valence-electron chi connectivity index (χ1n) is 6.77. The molecular weight excluding hydrogens is 210 g/mol. The zero-order valence-electron chi connectivity index (χ0n) is 10.3. The van der Waals surface area contributed by atoms with Crippen molar-refractivity contribution in [3.8, 4) is 0 Å². The van der Waals surface area contributed by atoms with Crippen LogP contribution < -0.4 is 5.73 Å². The summed E-state index contributed by atoms with van der Waals surface area (Å²) in [5.74, 6) is 1.43. The molecule has 2 N–H and O–H groups in total. The Bertz CT molecular complexity index is 384. The first-order valence-corrected chi connectivity index (χ1v) is 6.77. The highest BCUT2D eigenvalue weighted by atomic mass is 16.5. The topological polar surface area (TPSA) is 35.2 Å². The molecular formula is C15H21NO. The molecule has 92 valence electrons. The molecule has 0 bridgehead atoms. The predicted octanol–water partition coefficient (Wildman–Crippen LogP) is 2.68. The second kappa shape index (κ2) is 4.79. The van der Waals surface area contributed by atoms with E-state index in [1.807, 2.05) is 0 Å². The van der Waals surface area contributed by atoms with Crippen LogP contribution in [0.1, 0.15) is 36.4 Å². The summed E-state index contributed by atoms with van der Waals surface area (Å²) in [5.41, 5.74) is 9.33. The summed E-state index contributed by atoms with van der Waals surface area (Å²) in [6, 6.07) is 8.93. The molecule has 0 saturated carbocycles. The van der Waals surface area contributed by atoms with E-state index in [1.165, 1.54) is 36.8 Å². The van der Waals surface area contributed by atoms with Gasteiger partial charge in [-0.15, -0.1) is 0 Å². The van der Waals surface area contributed by atoms with Crippen LogP contribution >= 0.6 is 0 Å². The van der Waals surface area contributed by atoms with Crippen LogP contribution in [0.2, 0.25) is 0 Å². The molecule has 2 nitrogen and oxygen atoms in total. The van der Waals surface area contributed by atoms with Gasteiger partial charge in [0.15, 0.2) is 0 Å². The van der Waals surface area contributed by atoms with E-state index in [4.69, 9.17) is 10.5 Å². The fraction of sp³-hybridized carbons (Fsp3) is 0.600. The second-order valence-corrected chi connectivity index (χ2v) is 5.38. The molecule has 0 aromatic heterocycles. The number of benzene rings is 1. The van der Waals surface area contributed by atoms with Crippen molar-refractivity contribution < 1.29 is 4.74 Å². The molecule has 2 heteroatoms. The number of hydrogen-bond donors (Lipinski definition) is 1. The van der Waals surface area contributed by atoms with Crippen molar-refractivity contribution in [3.05, 3.63) is 35.4 Å². The Morgan fingerprint density at radius 2 is 1.82 bits per heavy atom. The lowest BCUT2D eigenvalue weighted by atomic mass is 9.71. The normalized spacial score (nSPS) is 29.9. The van der Waals surface area contributed by atoms with Gasteiger partial charge in [-0.05, 0) is 48.6 Å². The van der Waals surface area contributed by atoms with Gasteiger partial charge in [0.05, 0.1) is 0 Å². The van der Waals surface area contributed by atoms with Crippen LogP contribution in [-0.2, 0) is 11.2 Å². The van der Waals surface area contributed by atoms with E-state index in [2.05, 4.69) is 24.3 Å². The van der Waals surface area contributed by atoms with E-state index in [0.717, 1.165) is 19.1 Å². The number of fused-ring (bicyclic) bond motifs is 1. The van der Waals surface area contributed by atoms with Gasteiger partial charge in [0.1, 0.15) is 0 Å². The van der Waals surface area contributed by atoms with Crippen LogP contribution in [0.4, 0.5) is 0 Å². The molecule has 2 atom stereocenters. The van der Waals surface area contributed by atoms with Crippen LogP contribution in [0, 0.1) is 11.8 Å². The van der Waals surface area contributed by atoms with Gasteiger partial charge in [-0.25, -0.2) is 0 Å². The maximum Gasteiger partial charge on any atom is 0.0468 e. The number of nitrogens with two attached hydrogens (primary N) is 1. The number of aryl methyl sites for hydroxylation is 1. The quantitative estimate of drug-likeness (QED) is 0.806. The highest BCUT2D eigenvalue weighted by molar-refractivity contribution is 5.32. The molecule has 3 rings (SSSR count). The monoisotopic (exact) mass is 231 g/mol. The Kier molecular flexibility index (Phi) is 3.17. The van der Waals surface area contributed by atoms with Gasteiger partial charge in [0.25, 0.3) is 0 Å². The van der Waals surface area contributed by atoms with Crippen molar-refractivity contribution in [2.24, 2.45) is 17.6 Å². The molecule has 1 aromatic rings. The first-order chi connectivity index (χ1) is 8.36. The van der Waals surface area contributed by atoms with E-state index >= 15 is 0 Å². The fourth-order valence-corrected chi connectivity index (χ4v) is 3.49. The van der Waals surface area contributed by atoms with Gasteiger partial charge in [-0.3, -0.25) is 0 Å². The molecule has 0 spiro atoms. The molecule has 1 aromatic carbocycles. The van der Waals surface area contributed by atoms with Crippen molar-refractivity contribution in [2.45, 2.75) is 31.7 Å². The largest absolute Gasteiger partial charge is 0.381 e. The Morgan fingerprint density at radius 3 is 2.65 bits per heavy atom. The predicted molar refractivity (Wildman–Crippen MR) is 68.7 cm³/mol. The lowest BCUT2D eigenvalue weighted by Crippen LogP contribution is -2.35. The van der Waals surface area contributed by atoms with Crippen LogP contribution in [0.25, 0.3) is 0 Å². The van der Waals surface area contributed by atoms with Crippen LogP contribution in [-0.4, -0.2) is 13.2 Å². The number of ether oxygens (including phenoxy) is 1. The Labute approximate surface area is 103 Å². The number of rotatable bonds is 1. The van der Waals surface area contributed by atoms with E-state index in [-0.39, 0.29) is 6.04 Å². The molecule has 1 aliphatic heterocycles. The summed E-state index contributed by atoms with van der Waals surface area (Å²) in [6.07, 6.45) is 4.84. The highest BCUT2D eigenvalue weighted by Crippen LogP contribution is 2.40. The van der Waals surface area contributed by atoms with Crippen molar-refractivity contribution in [2.75, 3.05) is 13.2 Å². The zero-order chi connectivity index (χ0) is 11.7. The van der Waals surface area contributed by atoms with Crippen molar-refractivity contribution in [3.63, 3.8) is 0 Å². The number of hydrogen-bond acceptors (Lipinski definition) is 2. The van der Waals surface area contributed by atoms with Gasteiger partial charge in [-0.2, -0.15) is 0 Å². The van der Waals surface area contributed by atoms with Crippen molar-refractivity contribution in [1.29, 1.82) is 0 Å². The van der Waals surface area contributed by atoms with Gasteiger partial charge in [0.2, 0.25) is 0 Å². The Balaban J connectivity index is 1.81. The summed E-state index contributed by atoms with van der Waals surface area (Å²) in [5, 5.41) is 0. The van der Waals surface area contributed by atoms with Crippen LogP contribution in [0.5, 0.6) is 0 Å². The minimum absolute atomic E-state index is 0.239. The van der Waals surface area contributed by atoms with Gasteiger partial charge < -0.3 is 10.5 Å². The summed E-state index contributed by atoms with van der Waals surface area (Å²) in [6.45, 7) is 1.85. The first kappa shape index (κ1) is 11.2. The van der Waals surface area contributed by atoms with Crippen LogP contribution in [0.15, 0.2) is 24.3 Å². The molecule has 2 unspecified atom stereocenters.